The van der Waals surface area contributed by atoms with Gasteiger partial charge in [0, 0.05) is 25.2 Å². The Balaban J connectivity index is 1.43. The second-order valence-electron chi connectivity index (χ2n) is 8.11. The minimum Gasteiger partial charge on any atom is -0.338 e. The molecular formula is C24H28N2O2S. The monoisotopic (exact) mass is 408 g/mol. The third-order valence-electron chi connectivity index (χ3n) is 5.84. The average molecular weight is 409 g/mol. The average Bonchev–Trinajstić information content (AvgIpc) is 3.13. The summed E-state index contributed by atoms with van der Waals surface area (Å²) in [7, 11) is 0. The van der Waals surface area contributed by atoms with E-state index in [-0.39, 0.29) is 17.2 Å². The number of hydrogen-bond donors (Lipinski definition) is 0. The highest BCUT2D eigenvalue weighted by Gasteiger charge is 2.32. The molecule has 0 spiro atoms. The molecule has 2 saturated heterocycles. The Morgan fingerprint density at radius 2 is 1.86 bits per heavy atom. The second-order valence-corrected chi connectivity index (χ2v) is 9.18. The molecule has 152 valence electrons. The lowest BCUT2D eigenvalue weighted by Crippen LogP contribution is -2.39. The van der Waals surface area contributed by atoms with Gasteiger partial charge in [-0.15, -0.1) is 11.8 Å². The summed E-state index contributed by atoms with van der Waals surface area (Å²) in [6, 6.07) is 18.2. The Labute approximate surface area is 177 Å². The summed E-state index contributed by atoms with van der Waals surface area (Å²) in [4.78, 5) is 29.2. The van der Waals surface area contributed by atoms with Crippen LogP contribution in [0.4, 0.5) is 0 Å². The van der Waals surface area contributed by atoms with Crippen molar-refractivity contribution in [3.63, 3.8) is 0 Å². The van der Waals surface area contributed by atoms with E-state index in [0.717, 1.165) is 37.1 Å². The summed E-state index contributed by atoms with van der Waals surface area (Å²) in [5.74, 6) is 1.41. The highest BCUT2D eigenvalue weighted by atomic mass is 32.2. The van der Waals surface area contributed by atoms with Crippen LogP contribution in [0, 0.1) is 5.92 Å². The first-order valence-corrected chi connectivity index (χ1v) is 11.5. The van der Waals surface area contributed by atoms with Gasteiger partial charge >= 0.3 is 0 Å². The van der Waals surface area contributed by atoms with Gasteiger partial charge < -0.3 is 9.80 Å². The predicted molar refractivity (Wildman–Crippen MR) is 118 cm³/mol. The molecule has 29 heavy (non-hydrogen) atoms. The van der Waals surface area contributed by atoms with E-state index >= 15 is 0 Å². The number of thioether (sulfide) groups is 1. The first-order valence-electron chi connectivity index (χ1n) is 10.5. The van der Waals surface area contributed by atoms with Gasteiger partial charge in [-0.1, -0.05) is 49.4 Å². The van der Waals surface area contributed by atoms with Crippen LogP contribution in [-0.4, -0.2) is 47.0 Å². The quantitative estimate of drug-likeness (QED) is 0.737. The Kier molecular flexibility index (Phi) is 6.24. The molecule has 0 aromatic heterocycles. The lowest BCUT2D eigenvalue weighted by molar-refractivity contribution is -0.128. The molecule has 2 aromatic carbocycles. The molecule has 0 aliphatic carbocycles. The van der Waals surface area contributed by atoms with E-state index in [4.69, 9.17) is 0 Å². The summed E-state index contributed by atoms with van der Waals surface area (Å²) < 4.78 is 0. The number of piperidine rings is 1. The van der Waals surface area contributed by atoms with Gasteiger partial charge in [0.1, 0.15) is 5.37 Å². The summed E-state index contributed by atoms with van der Waals surface area (Å²) >= 11 is 1.67. The molecule has 2 heterocycles. The molecule has 2 aromatic rings. The van der Waals surface area contributed by atoms with Crippen molar-refractivity contribution in [1.82, 2.24) is 9.80 Å². The molecule has 0 bridgehead atoms. The molecular weight excluding hydrogens is 380 g/mol. The fourth-order valence-electron chi connectivity index (χ4n) is 4.21. The molecule has 2 atom stereocenters. The van der Waals surface area contributed by atoms with Gasteiger partial charge in [0.2, 0.25) is 5.91 Å². The Hall–Kier alpha value is -2.27. The number of benzene rings is 2. The number of nitrogens with zero attached hydrogens (tertiary/aromatic N) is 2. The van der Waals surface area contributed by atoms with Crippen molar-refractivity contribution in [2.45, 2.75) is 31.6 Å². The van der Waals surface area contributed by atoms with Gasteiger partial charge in [-0.25, -0.2) is 0 Å². The van der Waals surface area contributed by atoms with Crippen molar-refractivity contribution in [3.05, 3.63) is 71.3 Å². The van der Waals surface area contributed by atoms with E-state index in [1.165, 1.54) is 12.0 Å². The SMILES string of the molecule is CC1CCCN(C(=O)c2ccc(C3SCC(=O)N3CCc3ccccc3)cc2)C1. The molecule has 2 unspecified atom stereocenters. The topological polar surface area (TPSA) is 40.6 Å². The lowest BCUT2D eigenvalue weighted by atomic mass is 9.99. The smallest absolute Gasteiger partial charge is 0.253 e. The molecule has 2 amide bonds. The molecule has 4 rings (SSSR count). The summed E-state index contributed by atoms with van der Waals surface area (Å²) in [5.41, 5.74) is 3.08. The van der Waals surface area contributed by atoms with E-state index in [9.17, 15) is 9.59 Å². The zero-order valence-corrected chi connectivity index (χ0v) is 17.7. The standard InChI is InChI=1S/C24H28N2O2S/c1-18-6-5-14-25(16-18)23(28)20-9-11-21(12-10-20)24-26(22(27)17-29-24)15-13-19-7-3-2-4-8-19/h2-4,7-12,18,24H,5-6,13-17H2,1H3. The summed E-state index contributed by atoms with van der Waals surface area (Å²) in [6.07, 6.45) is 3.14. The largest absolute Gasteiger partial charge is 0.338 e. The first kappa shape index (κ1) is 20.0. The maximum absolute atomic E-state index is 12.8. The van der Waals surface area contributed by atoms with Crippen LogP contribution in [0.15, 0.2) is 54.6 Å². The fourth-order valence-corrected chi connectivity index (χ4v) is 5.43. The Morgan fingerprint density at radius 1 is 1.10 bits per heavy atom. The van der Waals surface area contributed by atoms with Gasteiger partial charge in [0.15, 0.2) is 0 Å². The van der Waals surface area contributed by atoms with E-state index in [1.54, 1.807) is 11.8 Å². The Bertz CT molecular complexity index is 853. The van der Waals surface area contributed by atoms with Crippen molar-refractivity contribution < 1.29 is 9.59 Å². The van der Waals surface area contributed by atoms with E-state index in [2.05, 4.69) is 19.1 Å². The van der Waals surface area contributed by atoms with Crippen molar-refractivity contribution >= 4 is 23.6 Å². The van der Waals surface area contributed by atoms with Crippen LogP contribution in [0.5, 0.6) is 0 Å². The number of rotatable bonds is 5. The molecule has 4 nitrogen and oxygen atoms in total. The van der Waals surface area contributed by atoms with Crippen LogP contribution in [-0.2, 0) is 11.2 Å². The van der Waals surface area contributed by atoms with Gasteiger partial charge in [0.05, 0.1) is 5.75 Å². The minimum absolute atomic E-state index is 0.0328. The van der Waals surface area contributed by atoms with Crippen molar-refractivity contribution in [2.75, 3.05) is 25.4 Å². The highest BCUT2D eigenvalue weighted by molar-refractivity contribution is 8.00. The van der Waals surface area contributed by atoms with Gasteiger partial charge in [-0.05, 0) is 48.4 Å². The minimum atomic E-state index is 0.0328. The van der Waals surface area contributed by atoms with Crippen LogP contribution in [0.1, 0.15) is 46.6 Å². The van der Waals surface area contributed by atoms with E-state index in [1.807, 2.05) is 52.3 Å². The molecule has 2 aliphatic rings. The Morgan fingerprint density at radius 3 is 2.59 bits per heavy atom. The zero-order valence-electron chi connectivity index (χ0n) is 16.9. The van der Waals surface area contributed by atoms with Crippen molar-refractivity contribution in [2.24, 2.45) is 5.92 Å². The number of carbonyl (C=O) groups excluding carboxylic acids is 2. The third-order valence-corrected chi connectivity index (χ3v) is 7.10. The van der Waals surface area contributed by atoms with Crippen molar-refractivity contribution in [1.29, 1.82) is 0 Å². The van der Waals surface area contributed by atoms with Crippen LogP contribution >= 0.6 is 11.8 Å². The first-order chi connectivity index (χ1) is 14.1. The van der Waals surface area contributed by atoms with Gasteiger partial charge in [-0.2, -0.15) is 0 Å². The normalized spacial score (nSPS) is 22.2. The molecule has 2 fully saturated rings. The van der Waals surface area contributed by atoms with Gasteiger partial charge in [0.25, 0.3) is 5.91 Å². The number of carbonyl (C=O) groups is 2. The number of likely N-dealkylation sites (tertiary alicyclic amines) is 1. The molecule has 2 aliphatic heterocycles. The molecule has 0 saturated carbocycles. The van der Waals surface area contributed by atoms with Crippen molar-refractivity contribution in [3.8, 4) is 0 Å². The van der Waals surface area contributed by atoms with Crippen LogP contribution in [0.25, 0.3) is 0 Å². The molecule has 5 heteroatoms. The zero-order chi connectivity index (χ0) is 20.2. The van der Waals surface area contributed by atoms with Crippen LogP contribution < -0.4 is 0 Å². The summed E-state index contributed by atoms with van der Waals surface area (Å²) in [5, 5.41) is 0.0328. The van der Waals surface area contributed by atoms with Gasteiger partial charge in [-0.3, -0.25) is 9.59 Å². The maximum Gasteiger partial charge on any atom is 0.253 e. The maximum atomic E-state index is 12.8. The van der Waals surface area contributed by atoms with Crippen LogP contribution in [0.3, 0.4) is 0 Å². The number of amides is 2. The van der Waals surface area contributed by atoms with E-state index < -0.39 is 0 Å². The van der Waals surface area contributed by atoms with Crippen LogP contribution in [0.2, 0.25) is 0 Å². The lowest BCUT2D eigenvalue weighted by Gasteiger charge is -2.31. The third kappa shape index (κ3) is 4.67. The fraction of sp³-hybridized carbons (Fsp3) is 0.417. The molecule has 0 radical (unpaired) electrons. The van der Waals surface area contributed by atoms with E-state index in [0.29, 0.717) is 18.2 Å². The number of hydrogen-bond acceptors (Lipinski definition) is 3. The highest BCUT2D eigenvalue weighted by Crippen LogP contribution is 2.38. The molecule has 0 N–H and O–H groups in total. The second kappa shape index (κ2) is 9.04. The summed E-state index contributed by atoms with van der Waals surface area (Å²) in [6.45, 7) is 4.62. The predicted octanol–water partition coefficient (Wildman–Crippen LogP) is 4.38.